The molecule has 0 saturated carbocycles. The number of morpholine rings is 1. The van der Waals surface area contributed by atoms with Crippen LogP contribution in [-0.2, 0) is 4.74 Å². The van der Waals surface area contributed by atoms with Gasteiger partial charge in [0.25, 0.3) is 0 Å². The Balaban J connectivity index is 1.71. The lowest BCUT2D eigenvalue weighted by Gasteiger charge is -2.28. The van der Waals surface area contributed by atoms with Gasteiger partial charge in [0.15, 0.2) is 0 Å². The fraction of sp³-hybridized carbons (Fsp3) is 0.278. The van der Waals surface area contributed by atoms with E-state index in [9.17, 15) is 0 Å². The molecule has 0 unspecified atom stereocenters. The highest BCUT2D eigenvalue weighted by atomic mass is 16.5. The zero-order chi connectivity index (χ0) is 15.2. The van der Waals surface area contributed by atoms with E-state index in [1.54, 1.807) is 7.11 Å². The maximum Gasteiger partial charge on any atom is 0.144 e. The molecular formula is C18H20N2O2. The molecule has 2 aromatic rings. The second-order valence-electron chi connectivity index (χ2n) is 5.12. The Kier molecular flexibility index (Phi) is 4.71. The van der Waals surface area contributed by atoms with Crippen molar-refractivity contribution in [3.63, 3.8) is 0 Å². The summed E-state index contributed by atoms with van der Waals surface area (Å²) in [6.07, 6.45) is 1.86. The molecule has 0 aliphatic carbocycles. The molecular weight excluding hydrogens is 276 g/mol. The minimum atomic E-state index is 0.781. The van der Waals surface area contributed by atoms with Crippen molar-refractivity contribution in [2.45, 2.75) is 0 Å². The molecule has 1 fully saturated rings. The quantitative estimate of drug-likeness (QED) is 0.812. The van der Waals surface area contributed by atoms with Crippen LogP contribution < -0.4 is 9.64 Å². The minimum absolute atomic E-state index is 0.781. The van der Waals surface area contributed by atoms with Crippen LogP contribution in [0.3, 0.4) is 0 Å². The molecule has 1 aliphatic heterocycles. The topological polar surface area (TPSA) is 34.1 Å². The molecule has 0 radical (unpaired) electrons. The molecule has 0 aromatic heterocycles. The molecule has 0 bridgehead atoms. The van der Waals surface area contributed by atoms with Gasteiger partial charge in [-0.3, -0.25) is 4.99 Å². The number of anilines is 1. The lowest BCUT2D eigenvalue weighted by Crippen LogP contribution is -2.36. The van der Waals surface area contributed by atoms with Crippen molar-refractivity contribution < 1.29 is 9.47 Å². The summed E-state index contributed by atoms with van der Waals surface area (Å²) in [5.41, 5.74) is 3.14. The first kappa shape index (κ1) is 14.6. The van der Waals surface area contributed by atoms with Gasteiger partial charge in [0.1, 0.15) is 11.4 Å². The highest BCUT2D eigenvalue weighted by molar-refractivity contribution is 5.83. The predicted molar refractivity (Wildman–Crippen MR) is 89.7 cm³/mol. The first-order valence-electron chi connectivity index (χ1n) is 7.46. The third-order valence-corrected chi connectivity index (χ3v) is 3.71. The van der Waals surface area contributed by atoms with E-state index in [1.165, 1.54) is 5.69 Å². The number of nitrogens with zero attached hydrogens (tertiary/aromatic N) is 2. The van der Waals surface area contributed by atoms with Gasteiger partial charge in [-0.1, -0.05) is 24.3 Å². The average molecular weight is 296 g/mol. The van der Waals surface area contributed by atoms with Crippen molar-refractivity contribution in [2.24, 2.45) is 4.99 Å². The molecule has 3 rings (SSSR count). The van der Waals surface area contributed by atoms with Gasteiger partial charge in [-0.25, -0.2) is 0 Å². The monoisotopic (exact) mass is 296 g/mol. The zero-order valence-corrected chi connectivity index (χ0v) is 12.7. The van der Waals surface area contributed by atoms with Crippen LogP contribution in [0.5, 0.6) is 5.75 Å². The highest BCUT2D eigenvalue weighted by Crippen LogP contribution is 2.26. The van der Waals surface area contributed by atoms with Gasteiger partial charge < -0.3 is 14.4 Å². The van der Waals surface area contributed by atoms with Crippen LogP contribution in [0.4, 0.5) is 11.4 Å². The Labute approximate surface area is 131 Å². The number of aliphatic imine (C=N–C) groups is 1. The van der Waals surface area contributed by atoms with E-state index >= 15 is 0 Å². The van der Waals surface area contributed by atoms with Crippen LogP contribution in [0.2, 0.25) is 0 Å². The molecule has 2 aromatic carbocycles. The number of para-hydroxylation sites is 2. The normalized spacial score (nSPS) is 15.2. The van der Waals surface area contributed by atoms with Crippen LogP contribution in [0, 0.1) is 0 Å². The molecule has 0 spiro atoms. The van der Waals surface area contributed by atoms with Crippen LogP contribution in [-0.4, -0.2) is 39.6 Å². The van der Waals surface area contributed by atoms with Crippen molar-refractivity contribution in [2.75, 3.05) is 38.3 Å². The minimum Gasteiger partial charge on any atom is -0.494 e. The van der Waals surface area contributed by atoms with Gasteiger partial charge >= 0.3 is 0 Å². The number of rotatable bonds is 4. The second-order valence-corrected chi connectivity index (χ2v) is 5.12. The largest absolute Gasteiger partial charge is 0.494 e. The Morgan fingerprint density at radius 3 is 2.50 bits per heavy atom. The van der Waals surface area contributed by atoms with E-state index in [-0.39, 0.29) is 0 Å². The van der Waals surface area contributed by atoms with Crippen LogP contribution in [0.1, 0.15) is 5.56 Å². The van der Waals surface area contributed by atoms with Crippen molar-refractivity contribution in [1.29, 1.82) is 0 Å². The first-order valence-corrected chi connectivity index (χ1v) is 7.46. The summed E-state index contributed by atoms with van der Waals surface area (Å²) in [4.78, 5) is 6.84. The van der Waals surface area contributed by atoms with Gasteiger partial charge in [0.2, 0.25) is 0 Å². The van der Waals surface area contributed by atoms with Crippen molar-refractivity contribution in [3.05, 3.63) is 54.1 Å². The van der Waals surface area contributed by atoms with Crippen molar-refractivity contribution >= 4 is 17.6 Å². The third-order valence-electron chi connectivity index (χ3n) is 3.71. The summed E-state index contributed by atoms with van der Waals surface area (Å²) >= 11 is 0. The number of hydrogen-bond donors (Lipinski definition) is 0. The summed E-state index contributed by atoms with van der Waals surface area (Å²) < 4.78 is 10.7. The van der Waals surface area contributed by atoms with Gasteiger partial charge in [0, 0.05) is 25.0 Å². The molecule has 1 heterocycles. The standard InChI is InChI=1S/C18H20N2O2/c1-21-18-5-3-2-4-17(18)19-14-15-6-8-16(9-7-15)20-10-12-22-13-11-20/h2-9,14H,10-13H2,1H3. The van der Waals surface area contributed by atoms with E-state index in [1.807, 2.05) is 30.5 Å². The molecule has 4 nitrogen and oxygen atoms in total. The molecule has 4 heteroatoms. The second kappa shape index (κ2) is 7.09. The van der Waals surface area contributed by atoms with Crippen LogP contribution >= 0.6 is 0 Å². The fourth-order valence-electron chi connectivity index (χ4n) is 2.47. The lowest BCUT2D eigenvalue weighted by atomic mass is 10.2. The maximum atomic E-state index is 5.38. The first-order chi connectivity index (χ1) is 10.9. The molecule has 0 atom stereocenters. The van der Waals surface area contributed by atoms with E-state index in [4.69, 9.17) is 9.47 Å². The SMILES string of the molecule is COc1ccccc1N=Cc1ccc(N2CCOCC2)cc1. The van der Waals surface area contributed by atoms with Crippen molar-refractivity contribution in [3.8, 4) is 5.75 Å². The van der Waals surface area contributed by atoms with Gasteiger partial charge in [-0.15, -0.1) is 0 Å². The number of methoxy groups -OCH3 is 1. The number of benzene rings is 2. The van der Waals surface area contributed by atoms with Crippen LogP contribution in [0.25, 0.3) is 0 Å². The maximum absolute atomic E-state index is 5.38. The fourth-order valence-corrected chi connectivity index (χ4v) is 2.47. The Morgan fingerprint density at radius 1 is 1.05 bits per heavy atom. The third kappa shape index (κ3) is 3.46. The molecule has 0 amide bonds. The van der Waals surface area contributed by atoms with Crippen LogP contribution in [0.15, 0.2) is 53.5 Å². The lowest BCUT2D eigenvalue weighted by molar-refractivity contribution is 0.122. The summed E-state index contributed by atoms with van der Waals surface area (Å²) in [6, 6.07) is 16.2. The van der Waals surface area contributed by atoms with Gasteiger partial charge in [-0.2, -0.15) is 0 Å². The molecule has 1 aliphatic rings. The summed E-state index contributed by atoms with van der Waals surface area (Å²) in [5, 5.41) is 0. The summed E-state index contributed by atoms with van der Waals surface area (Å²) in [6.45, 7) is 3.51. The summed E-state index contributed by atoms with van der Waals surface area (Å²) in [7, 11) is 1.66. The number of hydrogen-bond acceptors (Lipinski definition) is 4. The zero-order valence-electron chi connectivity index (χ0n) is 12.7. The highest BCUT2D eigenvalue weighted by Gasteiger charge is 2.10. The Hall–Kier alpha value is -2.33. The smallest absolute Gasteiger partial charge is 0.144 e. The van der Waals surface area contributed by atoms with Gasteiger partial charge in [0.05, 0.1) is 20.3 Å². The van der Waals surface area contributed by atoms with Crippen molar-refractivity contribution in [1.82, 2.24) is 0 Å². The molecule has 1 saturated heterocycles. The Bertz CT molecular complexity index is 632. The molecule has 0 N–H and O–H groups in total. The number of ether oxygens (including phenoxy) is 2. The Morgan fingerprint density at radius 2 is 1.77 bits per heavy atom. The predicted octanol–water partition coefficient (Wildman–Crippen LogP) is 3.28. The molecule has 22 heavy (non-hydrogen) atoms. The molecule has 114 valence electrons. The average Bonchev–Trinajstić information content (AvgIpc) is 2.61. The summed E-state index contributed by atoms with van der Waals surface area (Å²) in [5.74, 6) is 0.781. The van der Waals surface area contributed by atoms with E-state index in [2.05, 4.69) is 34.2 Å². The van der Waals surface area contributed by atoms with E-state index in [0.29, 0.717) is 0 Å². The van der Waals surface area contributed by atoms with E-state index < -0.39 is 0 Å². The van der Waals surface area contributed by atoms with E-state index in [0.717, 1.165) is 43.3 Å². The van der Waals surface area contributed by atoms with Gasteiger partial charge in [-0.05, 0) is 29.8 Å².